The number of benzene rings is 2. The van der Waals surface area contributed by atoms with E-state index < -0.39 is 127 Å². The van der Waals surface area contributed by atoms with Crippen LogP contribution in [0.1, 0.15) is 75.0 Å². The summed E-state index contributed by atoms with van der Waals surface area (Å²) in [5, 5.41) is 50.2. The van der Waals surface area contributed by atoms with Gasteiger partial charge in [0.2, 0.25) is 41.0 Å². The fourth-order valence-corrected chi connectivity index (χ4v) is 9.46. The molecule has 89 heavy (non-hydrogen) atoms. The Morgan fingerprint density at radius 2 is 1.10 bits per heavy atom. The van der Waals surface area contributed by atoms with Crippen molar-refractivity contribution < 1.29 is 110 Å². The van der Waals surface area contributed by atoms with Crippen molar-refractivity contribution in [2.45, 2.75) is 97.4 Å². The Labute approximate surface area is 521 Å². The highest BCUT2D eigenvalue weighted by Crippen LogP contribution is 2.31. The topological polar surface area (TPSA) is 351 Å². The number of ether oxygens (including phenoxy) is 6. The standard InChI is InChI=1S/C57H83BrF4N8O19/c1-5-84-24-25-86-26-27-87-35-46(65-43(71)8-6-7-9-50(80)89-55-52(61)39(59)31-40(60)53(55)62)88-29-28-85-23-14-63-56(81)41(10-12-45(73)66-54-37(3)30-36(2)51(58)38(54)4)64-44(72)13-11-42(57(82)83)70-21-19-68(33-48(76)77)17-15-67(32-47(74)75)16-18-69(20-22-70)34-49(78)79/h30-31,41-42,46H,5-29,32-35H2,1-4H3,(H,63,81)(H,64,72)(H,65,71)(H,66,73)(H,74,75)(H,76,77)(H,78,79)(H,82,83)/t41-,42?,46?/m1/s1. The second-order valence-corrected chi connectivity index (χ2v) is 21.5. The van der Waals surface area contributed by atoms with Crippen LogP contribution in [-0.4, -0.2) is 250 Å². The number of anilines is 1. The molecule has 4 amide bonds. The van der Waals surface area contributed by atoms with Gasteiger partial charge >= 0.3 is 29.8 Å². The van der Waals surface area contributed by atoms with Crippen LogP contribution in [-0.2, 0) is 66.8 Å². The van der Waals surface area contributed by atoms with Gasteiger partial charge in [-0.2, -0.15) is 8.78 Å². The number of aryl methyl sites for hydroxylation is 2. The average Bonchev–Trinajstić information content (AvgIpc) is 2.72. The lowest BCUT2D eigenvalue weighted by Gasteiger charge is -2.35. The number of hydrogen-bond acceptors (Lipinski definition) is 19. The van der Waals surface area contributed by atoms with Crippen molar-refractivity contribution in [1.82, 2.24) is 35.6 Å². The number of carboxylic acids is 4. The Kier molecular flexibility index (Phi) is 36.0. The number of hydrogen-bond donors (Lipinski definition) is 8. The first-order valence-corrected chi connectivity index (χ1v) is 29.8. The highest BCUT2D eigenvalue weighted by Gasteiger charge is 2.31. The molecule has 2 aromatic carbocycles. The lowest BCUT2D eigenvalue weighted by molar-refractivity contribution is -0.145. The Balaban J connectivity index is 1.67. The van der Waals surface area contributed by atoms with Gasteiger partial charge in [-0.1, -0.05) is 22.0 Å². The second-order valence-electron chi connectivity index (χ2n) is 20.7. The van der Waals surface area contributed by atoms with Gasteiger partial charge in [0.05, 0.1) is 72.5 Å². The van der Waals surface area contributed by atoms with Gasteiger partial charge in [-0.15, -0.1) is 0 Å². The van der Waals surface area contributed by atoms with Crippen LogP contribution in [0.15, 0.2) is 16.6 Å². The molecule has 0 spiro atoms. The number of halogens is 5. The van der Waals surface area contributed by atoms with Gasteiger partial charge in [0.25, 0.3) is 0 Å². The van der Waals surface area contributed by atoms with Crippen LogP contribution < -0.4 is 26.0 Å². The molecular weight excluding hydrogens is 1260 g/mol. The summed E-state index contributed by atoms with van der Waals surface area (Å²) >= 11 is 3.54. The van der Waals surface area contributed by atoms with E-state index in [9.17, 15) is 81.1 Å². The zero-order chi connectivity index (χ0) is 66.0. The molecule has 1 aliphatic rings. The van der Waals surface area contributed by atoms with Gasteiger partial charge in [-0.25, -0.2) is 8.78 Å². The van der Waals surface area contributed by atoms with E-state index in [-0.39, 0.29) is 150 Å². The predicted octanol–water partition coefficient (Wildman–Crippen LogP) is 2.67. The third kappa shape index (κ3) is 30.3. The summed E-state index contributed by atoms with van der Waals surface area (Å²) in [7, 11) is 0. The monoisotopic (exact) mass is 1340 g/mol. The first-order chi connectivity index (χ1) is 42.3. The van der Waals surface area contributed by atoms with E-state index in [0.29, 0.717) is 25.5 Å². The zero-order valence-electron chi connectivity index (χ0n) is 50.5. The summed E-state index contributed by atoms with van der Waals surface area (Å²) < 4.78 is 88.1. The van der Waals surface area contributed by atoms with E-state index in [2.05, 4.69) is 41.9 Å². The molecule has 1 heterocycles. The number of unbranched alkanes of at least 4 members (excludes halogenated alkanes) is 1. The molecule has 2 aromatic rings. The SMILES string of the molecule is CCOCCOCCOCC(NC(=O)CCCCC(=O)Oc1c(F)c(F)cc(F)c1F)OCCOCCNC(=O)[C@@H](CCC(=O)Nc1c(C)cc(C)c(Br)c1C)NC(=O)CCC(C(=O)O)N1CCN(CC(=O)O)CCN(CC(=O)O)CCN(CC(=O)O)CC1. The van der Waals surface area contributed by atoms with Crippen LogP contribution in [0.3, 0.4) is 0 Å². The van der Waals surface area contributed by atoms with Crippen LogP contribution in [0.2, 0.25) is 0 Å². The van der Waals surface area contributed by atoms with E-state index in [1.165, 1.54) is 14.7 Å². The smallest absolute Gasteiger partial charge is 0.320 e. The molecule has 0 aliphatic carbocycles. The molecule has 3 atom stereocenters. The Hall–Kier alpha value is -6.49. The number of aliphatic carboxylic acids is 4. The maximum Gasteiger partial charge on any atom is 0.320 e. The van der Waals surface area contributed by atoms with E-state index in [4.69, 9.17) is 23.7 Å². The lowest BCUT2D eigenvalue weighted by Crippen LogP contribution is -2.52. The number of nitrogens with zero attached hydrogens (tertiary/aromatic N) is 4. The molecule has 0 bridgehead atoms. The summed E-state index contributed by atoms with van der Waals surface area (Å²) in [6.45, 7) is 7.44. The third-order valence-corrected chi connectivity index (χ3v) is 14.9. The van der Waals surface area contributed by atoms with E-state index in [1.54, 1.807) is 4.90 Å². The molecule has 32 heteroatoms. The van der Waals surface area contributed by atoms with Gasteiger partial charge in [0, 0.05) is 107 Å². The molecule has 0 aromatic heterocycles. The summed E-state index contributed by atoms with van der Waals surface area (Å²) in [6.07, 6.45) is -2.79. The quantitative estimate of drug-likeness (QED) is 0.0119. The predicted molar refractivity (Wildman–Crippen MR) is 313 cm³/mol. The Morgan fingerprint density at radius 1 is 0.596 bits per heavy atom. The minimum absolute atomic E-state index is 0.0147. The highest BCUT2D eigenvalue weighted by molar-refractivity contribution is 9.10. The maximum atomic E-state index is 14.0. The van der Waals surface area contributed by atoms with Crippen LogP contribution in [0.25, 0.3) is 0 Å². The molecule has 1 fully saturated rings. The summed E-state index contributed by atoms with van der Waals surface area (Å²) in [5.41, 5.74) is 3.04. The lowest BCUT2D eigenvalue weighted by atomic mass is 10.0. The number of carbonyl (C=O) groups excluding carboxylic acids is 5. The summed E-state index contributed by atoms with van der Waals surface area (Å²) in [5.74, 6) is -17.3. The number of carboxylic acid groups (broad SMARTS) is 4. The molecule has 8 N–H and O–H groups in total. The average molecular weight is 1340 g/mol. The first kappa shape index (κ1) is 76.8. The molecule has 2 unspecified atom stereocenters. The zero-order valence-corrected chi connectivity index (χ0v) is 52.1. The molecule has 0 saturated carbocycles. The minimum Gasteiger partial charge on any atom is -0.480 e. The second kappa shape index (κ2) is 41.7. The van der Waals surface area contributed by atoms with Crippen LogP contribution in [0, 0.1) is 44.0 Å². The maximum absolute atomic E-state index is 14.0. The first-order valence-electron chi connectivity index (χ1n) is 29.0. The van der Waals surface area contributed by atoms with Crippen LogP contribution >= 0.6 is 15.9 Å². The minimum atomic E-state index is -1.88. The number of amides is 4. The molecule has 27 nitrogen and oxygen atoms in total. The van der Waals surface area contributed by atoms with Gasteiger partial charge in [0.15, 0.2) is 17.9 Å². The van der Waals surface area contributed by atoms with Crippen molar-refractivity contribution in [1.29, 1.82) is 0 Å². The summed E-state index contributed by atoms with van der Waals surface area (Å²) in [6, 6.07) is -0.831. The third-order valence-electron chi connectivity index (χ3n) is 13.7. The van der Waals surface area contributed by atoms with Crippen molar-refractivity contribution in [3.63, 3.8) is 0 Å². The highest BCUT2D eigenvalue weighted by atomic mass is 79.9. The molecule has 1 saturated heterocycles. The number of carbonyl (C=O) groups is 9. The van der Waals surface area contributed by atoms with E-state index >= 15 is 0 Å². The van der Waals surface area contributed by atoms with Crippen LogP contribution in [0.4, 0.5) is 23.2 Å². The largest absolute Gasteiger partial charge is 0.480 e. The Morgan fingerprint density at radius 3 is 1.66 bits per heavy atom. The molecule has 500 valence electrons. The molecule has 1 aliphatic heterocycles. The van der Waals surface area contributed by atoms with Gasteiger partial charge in [0.1, 0.15) is 12.1 Å². The van der Waals surface area contributed by atoms with Crippen LogP contribution in [0.5, 0.6) is 5.75 Å². The fraction of sp³-hybridized carbons (Fsp3) is 0.632. The van der Waals surface area contributed by atoms with Gasteiger partial charge in [-0.3, -0.25) is 62.8 Å². The Bertz CT molecular complexity index is 2610. The number of rotatable bonds is 40. The van der Waals surface area contributed by atoms with Crippen molar-refractivity contribution in [2.24, 2.45) is 0 Å². The van der Waals surface area contributed by atoms with Crippen molar-refractivity contribution in [3.05, 3.63) is 56.6 Å². The van der Waals surface area contributed by atoms with Gasteiger partial charge in [-0.05, 0) is 70.1 Å². The normalized spacial score (nSPS) is 15.0. The molecular formula is C57H83BrF4N8O19. The van der Waals surface area contributed by atoms with E-state index in [0.717, 1.165) is 21.2 Å². The molecule has 0 radical (unpaired) electrons. The summed E-state index contributed by atoms with van der Waals surface area (Å²) in [4.78, 5) is 121. The van der Waals surface area contributed by atoms with Crippen molar-refractivity contribution in [3.8, 4) is 5.75 Å². The van der Waals surface area contributed by atoms with Crippen molar-refractivity contribution in [2.75, 3.05) is 143 Å². The fourth-order valence-electron chi connectivity index (χ4n) is 9.15. The van der Waals surface area contributed by atoms with Gasteiger partial charge < -0.3 is 70.1 Å². The number of nitrogens with one attached hydrogen (secondary N) is 4. The van der Waals surface area contributed by atoms with E-state index in [1.807, 2.05) is 33.8 Å². The number of esters is 1. The van der Waals surface area contributed by atoms with Crippen molar-refractivity contribution >= 4 is 75.1 Å². The molecule has 3 rings (SSSR count).